The molecule has 6 nitrogen and oxygen atoms in total. The van der Waals surface area contributed by atoms with Gasteiger partial charge >= 0.3 is 0 Å². The quantitative estimate of drug-likeness (QED) is 0.713. The van der Waals surface area contributed by atoms with E-state index in [1.807, 2.05) is 30.3 Å². The van der Waals surface area contributed by atoms with Crippen LogP contribution in [0, 0.1) is 0 Å². The molecule has 4 rings (SSSR count). The first-order valence-electron chi connectivity index (χ1n) is 8.54. The van der Waals surface area contributed by atoms with Gasteiger partial charge in [0.05, 0.1) is 30.2 Å². The van der Waals surface area contributed by atoms with Crippen molar-refractivity contribution in [3.05, 3.63) is 64.4 Å². The molecule has 0 unspecified atom stereocenters. The summed E-state index contributed by atoms with van der Waals surface area (Å²) in [5.74, 6) is -0.179. The number of anilines is 1. The zero-order chi connectivity index (χ0) is 17.9. The molecule has 0 atom stereocenters. The predicted octanol–water partition coefficient (Wildman–Crippen LogP) is 2.82. The molecule has 1 aromatic heterocycles. The standard InChI is InChI=1S/C20H19N3O3/c24-19-15-6-2-1-5-14(15)16(20(25)22-19)13-21-17-7-3-4-8-18(17)23-9-11-26-12-10-23/h1-8,13H,9-12H2,(H2,22,24,25). The van der Waals surface area contributed by atoms with Gasteiger partial charge in [-0.3, -0.25) is 14.8 Å². The zero-order valence-electron chi connectivity index (χ0n) is 14.2. The van der Waals surface area contributed by atoms with Crippen molar-refractivity contribution in [2.75, 3.05) is 31.2 Å². The molecule has 1 aliphatic rings. The van der Waals surface area contributed by atoms with Crippen molar-refractivity contribution in [1.29, 1.82) is 0 Å². The summed E-state index contributed by atoms with van der Waals surface area (Å²) in [4.78, 5) is 21.3. The summed E-state index contributed by atoms with van der Waals surface area (Å²) in [6.45, 7) is 3.03. The molecule has 2 N–H and O–H groups in total. The third-order valence-corrected chi connectivity index (χ3v) is 4.52. The molecule has 1 aliphatic heterocycles. The fourth-order valence-electron chi connectivity index (χ4n) is 3.20. The molecule has 0 saturated carbocycles. The minimum absolute atomic E-state index is 0.179. The molecule has 0 amide bonds. The first kappa shape index (κ1) is 16.4. The Morgan fingerprint density at radius 2 is 1.73 bits per heavy atom. The first-order valence-corrected chi connectivity index (χ1v) is 8.54. The highest BCUT2D eigenvalue weighted by Gasteiger charge is 2.14. The molecular weight excluding hydrogens is 330 g/mol. The van der Waals surface area contributed by atoms with Crippen LogP contribution in [0.15, 0.2) is 58.3 Å². The minimum Gasteiger partial charge on any atom is -0.494 e. The molecule has 0 bridgehead atoms. The van der Waals surface area contributed by atoms with Crippen LogP contribution in [0.2, 0.25) is 0 Å². The zero-order valence-corrected chi connectivity index (χ0v) is 14.2. The van der Waals surface area contributed by atoms with Crippen LogP contribution in [0.1, 0.15) is 5.56 Å². The van der Waals surface area contributed by atoms with E-state index in [2.05, 4.69) is 14.9 Å². The Balaban J connectivity index is 1.76. The van der Waals surface area contributed by atoms with Gasteiger partial charge in [-0.25, -0.2) is 0 Å². The largest absolute Gasteiger partial charge is 0.494 e. The molecule has 1 fully saturated rings. The van der Waals surface area contributed by atoms with E-state index in [0.29, 0.717) is 29.5 Å². The highest BCUT2D eigenvalue weighted by Crippen LogP contribution is 2.29. The van der Waals surface area contributed by atoms with Crippen molar-refractivity contribution in [3.8, 4) is 5.88 Å². The maximum Gasteiger partial charge on any atom is 0.258 e. The Morgan fingerprint density at radius 1 is 1.04 bits per heavy atom. The average molecular weight is 349 g/mol. The maximum atomic E-state index is 12.0. The van der Waals surface area contributed by atoms with Gasteiger partial charge < -0.3 is 14.7 Å². The Labute approximate surface area is 150 Å². The summed E-state index contributed by atoms with van der Waals surface area (Å²) in [7, 11) is 0. The van der Waals surface area contributed by atoms with Gasteiger partial charge in [0, 0.05) is 30.1 Å². The Bertz CT molecular complexity index is 1020. The van der Waals surface area contributed by atoms with Crippen LogP contribution in [-0.4, -0.2) is 42.6 Å². The van der Waals surface area contributed by atoms with Crippen molar-refractivity contribution in [2.45, 2.75) is 0 Å². The van der Waals surface area contributed by atoms with E-state index >= 15 is 0 Å². The molecule has 0 spiro atoms. The third kappa shape index (κ3) is 3.07. The molecule has 0 radical (unpaired) electrons. The summed E-state index contributed by atoms with van der Waals surface area (Å²) in [6, 6.07) is 15.0. The van der Waals surface area contributed by atoms with Crippen molar-refractivity contribution in [1.82, 2.24) is 4.98 Å². The van der Waals surface area contributed by atoms with Gasteiger partial charge in [0.1, 0.15) is 0 Å². The molecule has 6 heteroatoms. The number of nitrogens with one attached hydrogen (secondary N) is 1. The molecule has 1 saturated heterocycles. The molecule has 2 aromatic carbocycles. The number of hydrogen-bond acceptors (Lipinski definition) is 5. The van der Waals surface area contributed by atoms with Crippen molar-refractivity contribution in [2.24, 2.45) is 4.99 Å². The van der Waals surface area contributed by atoms with E-state index in [9.17, 15) is 9.90 Å². The molecule has 132 valence electrons. The number of ether oxygens (including phenoxy) is 1. The molecule has 26 heavy (non-hydrogen) atoms. The van der Waals surface area contributed by atoms with Crippen LogP contribution in [-0.2, 0) is 4.74 Å². The van der Waals surface area contributed by atoms with Gasteiger partial charge in [0.25, 0.3) is 5.56 Å². The second kappa shape index (κ2) is 7.01. The van der Waals surface area contributed by atoms with Crippen molar-refractivity contribution >= 4 is 28.4 Å². The van der Waals surface area contributed by atoms with E-state index in [1.165, 1.54) is 0 Å². The summed E-state index contributed by atoms with van der Waals surface area (Å²) >= 11 is 0. The monoisotopic (exact) mass is 349 g/mol. The average Bonchev–Trinajstić information content (AvgIpc) is 2.69. The van der Waals surface area contributed by atoms with Crippen molar-refractivity contribution < 1.29 is 9.84 Å². The number of fused-ring (bicyclic) bond motifs is 1. The maximum absolute atomic E-state index is 12.0. The van der Waals surface area contributed by atoms with E-state index in [0.717, 1.165) is 24.5 Å². The van der Waals surface area contributed by atoms with E-state index < -0.39 is 0 Å². The van der Waals surface area contributed by atoms with Gasteiger partial charge in [-0.1, -0.05) is 30.3 Å². The number of hydrogen-bond donors (Lipinski definition) is 2. The van der Waals surface area contributed by atoms with Crippen LogP contribution in [0.25, 0.3) is 10.8 Å². The van der Waals surface area contributed by atoms with Crippen LogP contribution < -0.4 is 10.5 Å². The lowest BCUT2D eigenvalue weighted by Gasteiger charge is -2.29. The summed E-state index contributed by atoms with van der Waals surface area (Å²) in [5, 5.41) is 11.4. The van der Waals surface area contributed by atoms with Gasteiger partial charge in [0.2, 0.25) is 5.88 Å². The molecule has 2 heterocycles. The number of aromatic nitrogens is 1. The number of aromatic amines is 1. The third-order valence-electron chi connectivity index (χ3n) is 4.52. The van der Waals surface area contributed by atoms with Gasteiger partial charge in [-0.2, -0.15) is 0 Å². The Kier molecular flexibility index (Phi) is 4.41. The van der Waals surface area contributed by atoms with E-state index in [4.69, 9.17) is 4.74 Å². The SMILES string of the molecule is O=c1[nH]c(O)c(C=Nc2ccccc2N2CCOCC2)c2ccccc12. The topological polar surface area (TPSA) is 77.9 Å². The summed E-state index contributed by atoms with van der Waals surface area (Å²) < 4.78 is 5.42. The number of aromatic hydroxyl groups is 1. The highest BCUT2D eigenvalue weighted by atomic mass is 16.5. The number of para-hydroxylation sites is 2. The van der Waals surface area contributed by atoms with Crippen molar-refractivity contribution in [3.63, 3.8) is 0 Å². The molecule has 3 aromatic rings. The predicted molar refractivity (Wildman–Crippen MR) is 103 cm³/mol. The van der Waals surface area contributed by atoms with Gasteiger partial charge in [-0.15, -0.1) is 0 Å². The van der Waals surface area contributed by atoms with Crippen LogP contribution in [0.4, 0.5) is 11.4 Å². The number of nitrogens with zero attached hydrogens (tertiary/aromatic N) is 2. The summed E-state index contributed by atoms with van der Waals surface area (Å²) in [5.41, 5.74) is 2.02. The number of morpholine rings is 1. The number of H-pyrrole nitrogens is 1. The Hall–Kier alpha value is -3.12. The smallest absolute Gasteiger partial charge is 0.258 e. The number of aliphatic imine (C=N–C) groups is 1. The van der Waals surface area contributed by atoms with Gasteiger partial charge in [-0.05, 0) is 18.2 Å². The number of rotatable bonds is 3. The van der Waals surface area contributed by atoms with E-state index in [-0.39, 0.29) is 11.4 Å². The lowest BCUT2D eigenvalue weighted by Crippen LogP contribution is -2.36. The van der Waals surface area contributed by atoms with Crippen LogP contribution in [0.3, 0.4) is 0 Å². The first-order chi connectivity index (χ1) is 12.7. The number of pyridine rings is 1. The lowest BCUT2D eigenvalue weighted by molar-refractivity contribution is 0.123. The van der Waals surface area contributed by atoms with Crippen LogP contribution in [0.5, 0.6) is 5.88 Å². The fourth-order valence-corrected chi connectivity index (χ4v) is 3.20. The number of benzene rings is 2. The van der Waals surface area contributed by atoms with Gasteiger partial charge in [0.15, 0.2) is 0 Å². The second-order valence-electron chi connectivity index (χ2n) is 6.11. The highest BCUT2D eigenvalue weighted by molar-refractivity contribution is 6.02. The minimum atomic E-state index is -0.316. The van der Waals surface area contributed by atoms with Crippen LogP contribution >= 0.6 is 0 Å². The normalized spacial score (nSPS) is 15.0. The molecule has 0 aliphatic carbocycles. The van der Waals surface area contributed by atoms with E-state index in [1.54, 1.807) is 24.4 Å². The molecular formula is C20H19N3O3. The second-order valence-corrected chi connectivity index (χ2v) is 6.11. The fraction of sp³-hybridized carbons (Fsp3) is 0.200. The lowest BCUT2D eigenvalue weighted by atomic mass is 10.1. The summed E-state index contributed by atoms with van der Waals surface area (Å²) in [6.07, 6.45) is 1.60. The Morgan fingerprint density at radius 3 is 2.54 bits per heavy atom.